The normalized spacial score (nSPS) is 13.1. The van der Waals surface area contributed by atoms with E-state index in [4.69, 9.17) is 0 Å². The lowest BCUT2D eigenvalue weighted by Gasteiger charge is -2.17. The van der Waals surface area contributed by atoms with Crippen molar-refractivity contribution in [1.29, 1.82) is 0 Å². The minimum Gasteiger partial charge on any atom is -0.0913 e. The summed E-state index contributed by atoms with van der Waals surface area (Å²) in [5.74, 6) is 0. The van der Waals surface area contributed by atoms with Gasteiger partial charge in [-0.25, -0.2) is 0 Å². The van der Waals surface area contributed by atoms with Gasteiger partial charge >= 0.3 is 0 Å². The maximum Gasteiger partial charge on any atom is 0.0690 e. The number of rotatable bonds is 15. The summed E-state index contributed by atoms with van der Waals surface area (Å²) < 4.78 is 2.21. The second kappa shape index (κ2) is 20.1. The zero-order valence-electron chi connectivity index (χ0n) is 30.1. The second-order valence-electron chi connectivity index (χ2n) is 16.0. The molecule has 0 aromatic heterocycles. The minimum absolute atomic E-state index is 0.484. The van der Waals surface area contributed by atoms with Gasteiger partial charge in [0.1, 0.15) is 0 Å². The molecular weight excluding hydrogens is 647 g/mol. The molecule has 0 radical (unpaired) electrons. The fourth-order valence-electron chi connectivity index (χ4n) is 5.43. The van der Waals surface area contributed by atoms with E-state index < -0.39 is 8.07 Å². The SMILES string of the molecule is CC/C(=C\I)c1cccc(CCCCCC(C)(C)C)c1.CC/C(=C\[Si](C)(C)C)c1cccc(CCCCCC(C)(C)C)c1. The highest BCUT2D eigenvalue weighted by molar-refractivity contribution is 14.1. The Labute approximate surface area is 283 Å². The fourth-order valence-corrected chi connectivity index (χ4v) is 7.65. The molecule has 0 saturated carbocycles. The second-order valence-corrected chi connectivity index (χ2v) is 21.7. The summed E-state index contributed by atoms with van der Waals surface area (Å²) in [5.41, 5.74) is 12.4. The summed E-state index contributed by atoms with van der Waals surface area (Å²) in [6, 6.07) is 18.3. The average Bonchev–Trinajstić information content (AvgIpc) is 2.91. The fraction of sp³-hybridized carbons (Fsp3) is 0.610. The van der Waals surface area contributed by atoms with E-state index in [0.29, 0.717) is 10.8 Å². The summed E-state index contributed by atoms with van der Waals surface area (Å²) in [7, 11) is -1.16. The highest BCUT2D eigenvalue weighted by Gasteiger charge is 2.12. The molecular formula is C41H67ISi. The lowest BCUT2D eigenvalue weighted by atomic mass is 9.89. The van der Waals surface area contributed by atoms with E-state index in [0.717, 1.165) is 12.8 Å². The Kier molecular flexibility index (Phi) is 18.6. The van der Waals surface area contributed by atoms with Gasteiger partial charge in [-0.1, -0.05) is 178 Å². The van der Waals surface area contributed by atoms with Crippen LogP contribution < -0.4 is 0 Å². The van der Waals surface area contributed by atoms with Crippen molar-refractivity contribution in [2.24, 2.45) is 10.8 Å². The first-order chi connectivity index (χ1) is 20.1. The van der Waals surface area contributed by atoms with Crippen LogP contribution in [0.15, 0.2) is 58.3 Å². The van der Waals surface area contributed by atoms with Crippen LogP contribution in [0.4, 0.5) is 0 Å². The highest BCUT2D eigenvalue weighted by atomic mass is 127. The predicted octanol–water partition coefficient (Wildman–Crippen LogP) is 14.5. The van der Waals surface area contributed by atoms with Crippen molar-refractivity contribution in [3.05, 3.63) is 80.6 Å². The van der Waals surface area contributed by atoms with Gasteiger partial charge in [0, 0.05) is 0 Å². The van der Waals surface area contributed by atoms with E-state index in [1.807, 2.05) is 0 Å². The van der Waals surface area contributed by atoms with Gasteiger partial charge in [-0.3, -0.25) is 0 Å². The Morgan fingerprint density at radius 2 is 1.05 bits per heavy atom. The smallest absolute Gasteiger partial charge is 0.0690 e. The molecule has 0 saturated heterocycles. The highest BCUT2D eigenvalue weighted by Crippen LogP contribution is 2.26. The molecule has 0 atom stereocenters. The van der Waals surface area contributed by atoms with Crippen molar-refractivity contribution in [2.45, 2.75) is 152 Å². The van der Waals surface area contributed by atoms with Crippen LogP contribution in [-0.4, -0.2) is 8.07 Å². The Balaban J connectivity index is 0.000000434. The van der Waals surface area contributed by atoms with Crippen LogP contribution in [0.5, 0.6) is 0 Å². The quantitative estimate of drug-likeness (QED) is 0.0979. The van der Waals surface area contributed by atoms with Gasteiger partial charge in [0.2, 0.25) is 0 Å². The van der Waals surface area contributed by atoms with Crippen molar-refractivity contribution < 1.29 is 0 Å². The Bertz CT molecular complexity index is 1100. The van der Waals surface area contributed by atoms with Crippen molar-refractivity contribution >= 4 is 41.8 Å². The number of aryl methyl sites for hydroxylation is 2. The van der Waals surface area contributed by atoms with E-state index in [1.165, 1.54) is 92.0 Å². The van der Waals surface area contributed by atoms with Crippen LogP contribution in [0, 0.1) is 10.8 Å². The molecule has 0 unspecified atom stereocenters. The molecule has 0 fully saturated rings. The summed E-state index contributed by atoms with van der Waals surface area (Å²) in [6.45, 7) is 25.8. The van der Waals surface area contributed by atoms with E-state index in [1.54, 1.807) is 5.57 Å². The molecule has 2 aromatic carbocycles. The van der Waals surface area contributed by atoms with Crippen molar-refractivity contribution in [3.8, 4) is 0 Å². The zero-order chi connectivity index (χ0) is 32.5. The third-order valence-electron chi connectivity index (χ3n) is 7.88. The number of unbranched alkanes of at least 4 members (excludes halogenated alkanes) is 4. The number of hydrogen-bond acceptors (Lipinski definition) is 0. The summed E-state index contributed by atoms with van der Waals surface area (Å²) in [5, 5.41) is 0. The standard InChI is InChI=1S/C22H38Si.C19H29I/c1-8-20(18-23(5,6)7)21-15-12-14-19(17-21)13-10-9-11-16-22(2,3)4;1-5-17(15-20)18-12-9-11-16(14-18)10-7-6-8-13-19(2,3)4/h12,14-15,17-18H,8-11,13,16H2,1-7H3;9,11-12,14-15H,5-8,10,13H2,1-4H3/b20-18+;17-15+. The first-order valence-corrected chi connectivity index (χ1v) is 22.1. The van der Waals surface area contributed by atoms with Crippen molar-refractivity contribution in [2.75, 3.05) is 0 Å². The van der Waals surface area contributed by atoms with E-state index in [-0.39, 0.29) is 0 Å². The molecule has 242 valence electrons. The molecule has 43 heavy (non-hydrogen) atoms. The molecule has 0 heterocycles. The Hall–Kier alpha value is -1.13. The van der Waals surface area contributed by atoms with Crippen LogP contribution in [0.3, 0.4) is 0 Å². The van der Waals surface area contributed by atoms with Gasteiger partial charge in [-0.15, -0.1) is 0 Å². The summed E-state index contributed by atoms with van der Waals surface area (Å²) in [6.07, 6.45) is 15.4. The maximum absolute atomic E-state index is 2.56. The zero-order valence-corrected chi connectivity index (χ0v) is 33.3. The Morgan fingerprint density at radius 3 is 1.40 bits per heavy atom. The molecule has 0 bridgehead atoms. The average molecular weight is 715 g/mol. The molecule has 0 aliphatic heterocycles. The van der Waals surface area contributed by atoms with Crippen LogP contribution in [0.1, 0.15) is 142 Å². The molecule has 2 rings (SSSR count). The van der Waals surface area contributed by atoms with Crippen molar-refractivity contribution in [3.63, 3.8) is 0 Å². The summed E-state index contributed by atoms with van der Waals surface area (Å²) in [4.78, 5) is 0. The molecule has 0 N–H and O–H groups in total. The molecule has 0 amide bonds. The van der Waals surface area contributed by atoms with Gasteiger partial charge in [-0.05, 0) is 99.7 Å². The number of halogens is 1. The van der Waals surface area contributed by atoms with E-state index in [2.05, 4.69) is 156 Å². The third-order valence-corrected chi connectivity index (χ3v) is 9.85. The van der Waals surface area contributed by atoms with E-state index >= 15 is 0 Å². The van der Waals surface area contributed by atoms with Gasteiger partial charge in [0.25, 0.3) is 0 Å². The molecule has 0 spiro atoms. The molecule has 0 aliphatic carbocycles. The number of allylic oxidation sites excluding steroid dienone is 2. The van der Waals surface area contributed by atoms with Gasteiger partial charge < -0.3 is 0 Å². The van der Waals surface area contributed by atoms with Gasteiger partial charge in [0.15, 0.2) is 0 Å². The largest absolute Gasteiger partial charge is 0.0913 e. The maximum atomic E-state index is 2.56. The monoisotopic (exact) mass is 714 g/mol. The lowest BCUT2D eigenvalue weighted by molar-refractivity contribution is 0.358. The molecule has 2 aromatic rings. The number of hydrogen-bond donors (Lipinski definition) is 0. The van der Waals surface area contributed by atoms with Crippen LogP contribution in [-0.2, 0) is 12.8 Å². The molecule has 2 heteroatoms. The topological polar surface area (TPSA) is 0 Å². The van der Waals surface area contributed by atoms with E-state index in [9.17, 15) is 0 Å². The lowest BCUT2D eigenvalue weighted by Crippen LogP contribution is -2.16. The van der Waals surface area contributed by atoms with Crippen LogP contribution in [0.2, 0.25) is 19.6 Å². The van der Waals surface area contributed by atoms with Crippen molar-refractivity contribution in [1.82, 2.24) is 0 Å². The molecule has 0 nitrogen and oxygen atoms in total. The minimum atomic E-state index is -1.16. The van der Waals surface area contributed by atoms with Gasteiger partial charge in [-0.2, -0.15) is 0 Å². The first kappa shape index (κ1) is 39.9. The van der Waals surface area contributed by atoms with Crippen LogP contribution >= 0.6 is 22.6 Å². The van der Waals surface area contributed by atoms with Gasteiger partial charge in [0.05, 0.1) is 8.07 Å². The first-order valence-electron chi connectivity index (χ1n) is 17.3. The molecule has 0 aliphatic rings. The third kappa shape index (κ3) is 19.8. The Morgan fingerprint density at radius 1 is 0.628 bits per heavy atom. The number of benzene rings is 2. The predicted molar refractivity (Wildman–Crippen MR) is 210 cm³/mol. The summed E-state index contributed by atoms with van der Waals surface area (Å²) >= 11 is 2.35. The van der Waals surface area contributed by atoms with Crippen LogP contribution in [0.25, 0.3) is 11.1 Å².